The molecule has 2 spiro atoms. The summed E-state index contributed by atoms with van der Waals surface area (Å²) in [5.74, 6) is 3.04. The van der Waals surface area contributed by atoms with Crippen LogP contribution in [0.2, 0.25) is 0 Å². The highest BCUT2D eigenvalue weighted by molar-refractivity contribution is 5.65. The molecule has 5 nitrogen and oxygen atoms in total. The summed E-state index contributed by atoms with van der Waals surface area (Å²) in [5, 5.41) is 3.83. The van der Waals surface area contributed by atoms with E-state index in [0.717, 1.165) is 49.6 Å². The van der Waals surface area contributed by atoms with Gasteiger partial charge in [0.15, 0.2) is 11.5 Å². The zero-order valence-electron chi connectivity index (χ0n) is 24.9. The molecule has 2 aliphatic heterocycles. The first kappa shape index (κ1) is 25.5. The van der Waals surface area contributed by atoms with Gasteiger partial charge in [-0.2, -0.15) is 0 Å². The fraction of sp³-hybridized carbons (Fsp3) is 0.514. The van der Waals surface area contributed by atoms with Gasteiger partial charge in [-0.25, -0.2) is 0 Å². The topological polar surface area (TPSA) is 43.0 Å². The first-order chi connectivity index (χ1) is 20.6. The Kier molecular flexibility index (Phi) is 5.46. The van der Waals surface area contributed by atoms with Crippen LogP contribution < -0.4 is 14.8 Å². The molecule has 10 rings (SSSR count). The first-order valence-electron chi connectivity index (χ1n) is 16.2. The van der Waals surface area contributed by atoms with E-state index in [1.165, 1.54) is 60.3 Å². The molecule has 2 heterocycles. The van der Waals surface area contributed by atoms with Gasteiger partial charge in [0.25, 0.3) is 0 Å². The molecule has 6 atom stereocenters. The maximum atomic E-state index is 7.28. The van der Waals surface area contributed by atoms with Crippen LogP contribution in [-0.2, 0) is 23.1 Å². The molecule has 0 radical (unpaired) electrons. The van der Waals surface area contributed by atoms with E-state index >= 15 is 0 Å². The highest BCUT2D eigenvalue weighted by atomic mass is 16.6. The van der Waals surface area contributed by atoms with E-state index in [4.69, 9.17) is 14.2 Å². The smallest absolute Gasteiger partial charge is 0.165 e. The Morgan fingerprint density at radius 2 is 1.79 bits per heavy atom. The van der Waals surface area contributed by atoms with Crippen molar-refractivity contribution < 1.29 is 14.2 Å². The van der Waals surface area contributed by atoms with E-state index in [-0.39, 0.29) is 22.9 Å². The van der Waals surface area contributed by atoms with Crippen LogP contribution in [0.4, 0.5) is 5.69 Å². The van der Waals surface area contributed by atoms with E-state index in [2.05, 4.69) is 76.9 Å². The Morgan fingerprint density at radius 1 is 0.952 bits per heavy atom. The van der Waals surface area contributed by atoms with Crippen molar-refractivity contribution in [1.29, 1.82) is 0 Å². The van der Waals surface area contributed by atoms with Gasteiger partial charge in [-0.05, 0) is 86.2 Å². The van der Waals surface area contributed by atoms with E-state index < -0.39 is 5.60 Å². The van der Waals surface area contributed by atoms with Crippen molar-refractivity contribution in [2.24, 2.45) is 11.3 Å². The average Bonchev–Trinajstić information content (AvgIpc) is 3.78. The molecule has 5 heteroatoms. The molecule has 1 N–H and O–H groups in total. The normalized spacial score (nSPS) is 35.4. The third kappa shape index (κ3) is 3.17. The minimum absolute atomic E-state index is 0.0133. The number of fused-ring (bicyclic) bond motifs is 2. The second kappa shape index (κ2) is 9.00. The Labute approximate surface area is 249 Å². The van der Waals surface area contributed by atoms with Gasteiger partial charge in [0.2, 0.25) is 0 Å². The summed E-state index contributed by atoms with van der Waals surface area (Å²) in [6, 6.07) is 24.8. The molecule has 0 aromatic heterocycles. The molecule has 5 aliphatic carbocycles. The van der Waals surface area contributed by atoms with Gasteiger partial charge in [-0.15, -0.1) is 0 Å². The lowest BCUT2D eigenvalue weighted by atomic mass is 9.34. The summed E-state index contributed by atoms with van der Waals surface area (Å²) in [7, 11) is 3.74. The van der Waals surface area contributed by atoms with Crippen LogP contribution in [0.1, 0.15) is 66.7 Å². The number of hydrogen-bond acceptors (Lipinski definition) is 5. The maximum absolute atomic E-state index is 7.28. The minimum Gasteiger partial charge on any atom is -0.493 e. The second-order valence-electron chi connectivity index (χ2n) is 14.0. The lowest BCUT2D eigenvalue weighted by Gasteiger charge is -2.74. The van der Waals surface area contributed by atoms with Gasteiger partial charge >= 0.3 is 0 Å². The highest BCUT2D eigenvalue weighted by Gasteiger charge is 2.80. The number of likely N-dealkylation sites (tertiary alicyclic amines) is 1. The number of para-hydroxylation sites is 1. The van der Waals surface area contributed by atoms with Crippen LogP contribution in [0.25, 0.3) is 0 Å². The molecule has 3 aromatic rings. The van der Waals surface area contributed by atoms with Crippen LogP contribution in [0, 0.1) is 11.3 Å². The molecule has 0 amide bonds. The summed E-state index contributed by atoms with van der Waals surface area (Å²) in [4.78, 5) is 2.92. The van der Waals surface area contributed by atoms with E-state index in [1.807, 2.05) is 7.11 Å². The molecule has 1 saturated heterocycles. The molecule has 1 unspecified atom stereocenters. The summed E-state index contributed by atoms with van der Waals surface area (Å²) >= 11 is 0. The predicted octanol–water partition coefficient (Wildman–Crippen LogP) is 6.70. The van der Waals surface area contributed by atoms with Crippen LogP contribution in [0.3, 0.4) is 0 Å². The number of anilines is 1. The average molecular weight is 563 g/mol. The van der Waals surface area contributed by atoms with E-state index in [1.54, 1.807) is 7.11 Å². The molecular formula is C37H42N2O3. The molecular weight excluding hydrogens is 520 g/mol. The quantitative estimate of drug-likeness (QED) is 0.331. The second-order valence-corrected chi connectivity index (χ2v) is 14.0. The Hall–Kier alpha value is -3.02. The number of benzene rings is 3. The Balaban J connectivity index is 1.20. The monoisotopic (exact) mass is 562 g/mol. The van der Waals surface area contributed by atoms with Gasteiger partial charge in [-0.3, -0.25) is 4.90 Å². The van der Waals surface area contributed by atoms with Gasteiger partial charge in [0, 0.05) is 54.2 Å². The minimum atomic E-state index is -0.395. The lowest BCUT2D eigenvalue weighted by Crippen LogP contribution is -2.80. The molecule has 42 heavy (non-hydrogen) atoms. The molecule has 7 aliphatic rings. The van der Waals surface area contributed by atoms with Crippen LogP contribution in [0.15, 0.2) is 66.7 Å². The fourth-order valence-corrected chi connectivity index (χ4v) is 10.7. The number of hydrogen-bond donors (Lipinski definition) is 1. The van der Waals surface area contributed by atoms with Crippen LogP contribution in [0.5, 0.6) is 11.5 Å². The molecule has 218 valence electrons. The first-order valence-corrected chi connectivity index (χ1v) is 16.2. The number of piperidine rings is 1. The van der Waals surface area contributed by atoms with Crippen molar-refractivity contribution in [2.45, 2.75) is 80.6 Å². The summed E-state index contributed by atoms with van der Waals surface area (Å²) in [6.07, 6.45) is 8.46. The Bertz CT molecular complexity index is 1540. The number of nitrogens with zero attached hydrogens (tertiary/aromatic N) is 1. The largest absolute Gasteiger partial charge is 0.493 e. The van der Waals surface area contributed by atoms with Crippen molar-refractivity contribution in [3.63, 3.8) is 0 Å². The predicted molar refractivity (Wildman–Crippen MR) is 164 cm³/mol. The summed E-state index contributed by atoms with van der Waals surface area (Å²) in [6.45, 7) is 3.24. The van der Waals surface area contributed by atoms with Crippen LogP contribution >= 0.6 is 0 Å². The van der Waals surface area contributed by atoms with Gasteiger partial charge in [0.05, 0.1) is 7.11 Å². The third-order valence-corrected chi connectivity index (χ3v) is 12.5. The van der Waals surface area contributed by atoms with Gasteiger partial charge in [-0.1, -0.05) is 54.6 Å². The van der Waals surface area contributed by atoms with Gasteiger partial charge in [0.1, 0.15) is 11.7 Å². The number of nitrogens with one attached hydrogen (secondary N) is 1. The lowest BCUT2D eigenvalue weighted by molar-refractivity contribution is -0.261. The fourth-order valence-electron chi connectivity index (χ4n) is 10.7. The maximum Gasteiger partial charge on any atom is 0.165 e. The van der Waals surface area contributed by atoms with Crippen molar-refractivity contribution in [1.82, 2.24) is 4.90 Å². The third-order valence-electron chi connectivity index (χ3n) is 12.5. The molecule has 4 bridgehead atoms. The Morgan fingerprint density at radius 3 is 2.60 bits per heavy atom. The number of methoxy groups -OCH3 is 2. The van der Waals surface area contributed by atoms with Crippen molar-refractivity contribution in [2.75, 3.05) is 32.6 Å². The van der Waals surface area contributed by atoms with Gasteiger partial charge < -0.3 is 19.5 Å². The standard InChI is InChI=1S/C37H42N2O3/c1-40-30-15-14-26-20-31-35-16-17-37(41-2,34-36(35,32(26)33(30)42-34)18-19-39(31)23-25-12-13-25)28(21-35)27-10-6-7-11-29(27)38-22-24-8-4-3-5-9-24/h3-11,14-15,25,28,31,34,38H,12-13,16-23H2,1-2H3/t28-,31?,34-,35-,36+,37-/m1/s1. The molecule has 4 saturated carbocycles. The number of ether oxygens (including phenoxy) is 3. The zero-order valence-corrected chi connectivity index (χ0v) is 24.9. The van der Waals surface area contributed by atoms with Crippen LogP contribution in [-0.4, -0.2) is 50.0 Å². The van der Waals surface area contributed by atoms with E-state index in [0.29, 0.717) is 6.04 Å². The summed E-state index contributed by atoms with van der Waals surface area (Å²) < 4.78 is 20.1. The highest BCUT2D eigenvalue weighted by Crippen LogP contribution is 2.78. The molecule has 5 fully saturated rings. The zero-order chi connectivity index (χ0) is 28.1. The summed E-state index contributed by atoms with van der Waals surface area (Å²) in [5.41, 5.74) is 6.61. The SMILES string of the molecule is COc1ccc2c3c1O[C@H]1[C@@]4(OC)CC[C@@]5(C[C@@H]4c4ccccc4NCc4ccccc4)C(C2)N(CC2CC2)CC[C@]315. The number of rotatable bonds is 8. The molecule has 3 aromatic carbocycles. The van der Waals surface area contributed by atoms with Crippen molar-refractivity contribution in [3.05, 3.63) is 89.0 Å². The van der Waals surface area contributed by atoms with E-state index in [9.17, 15) is 0 Å². The van der Waals surface area contributed by atoms with Crippen molar-refractivity contribution >= 4 is 5.69 Å². The van der Waals surface area contributed by atoms with Crippen molar-refractivity contribution in [3.8, 4) is 11.5 Å².